The Hall–Kier alpha value is -1.79. The average Bonchev–Trinajstić information content (AvgIpc) is 3.05. The minimum Gasteiger partial charge on any atom is -0.480 e. The molecule has 0 atom stereocenters. The van der Waals surface area contributed by atoms with Crippen molar-refractivity contribution in [2.45, 2.75) is 32.6 Å². The third-order valence-corrected chi connectivity index (χ3v) is 4.51. The van der Waals surface area contributed by atoms with Gasteiger partial charge in [0, 0.05) is 38.6 Å². The van der Waals surface area contributed by atoms with E-state index < -0.39 is 5.97 Å². The Kier molecular flexibility index (Phi) is 5.63. The molecule has 22 heavy (non-hydrogen) atoms. The zero-order valence-electron chi connectivity index (χ0n) is 13.2. The van der Waals surface area contributed by atoms with Gasteiger partial charge in [0.2, 0.25) is 5.91 Å². The summed E-state index contributed by atoms with van der Waals surface area (Å²) in [5.74, 6) is -1.25. The molecule has 2 aliphatic rings. The van der Waals surface area contributed by atoms with E-state index in [0.29, 0.717) is 32.5 Å². The normalized spacial score (nSPS) is 19.3. The van der Waals surface area contributed by atoms with Crippen molar-refractivity contribution in [1.82, 2.24) is 14.7 Å². The number of carboxylic acids is 1. The first-order valence-electron chi connectivity index (χ1n) is 8.07. The van der Waals surface area contributed by atoms with Crippen molar-refractivity contribution in [3.63, 3.8) is 0 Å². The molecule has 7 nitrogen and oxygen atoms in total. The third-order valence-electron chi connectivity index (χ3n) is 4.51. The van der Waals surface area contributed by atoms with Crippen LogP contribution in [0, 0.1) is 5.92 Å². The molecule has 2 rings (SSSR count). The third kappa shape index (κ3) is 3.90. The van der Waals surface area contributed by atoms with Crippen LogP contribution in [0.25, 0.3) is 0 Å². The maximum Gasteiger partial charge on any atom is 0.323 e. The van der Waals surface area contributed by atoms with Crippen LogP contribution in [-0.4, -0.2) is 77.0 Å². The lowest BCUT2D eigenvalue weighted by atomic mass is 9.95. The van der Waals surface area contributed by atoms with E-state index in [4.69, 9.17) is 5.11 Å². The predicted octanol–water partition coefficient (Wildman–Crippen LogP) is 0.847. The molecule has 124 valence electrons. The fourth-order valence-electron chi connectivity index (χ4n) is 3.19. The molecule has 0 saturated carbocycles. The molecule has 0 aromatic rings. The molecule has 1 N–H and O–H groups in total. The molecule has 0 aliphatic carbocycles. The van der Waals surface area contributed by atoms with Gasteiger partial charge in [-0.2, -0.15) is 0 Å². The van der Waals surface area contributed by atoms with Gasteiger partial charge < -0.3 is 19.8 Å². The van der Waals surface area contributed by atoms with Gasteiger partial charge in [0.05, 0.1) is 0 Å². The van der Waals surface area contributed by atoms with Crippen LogP contribution in [-0.2, 0) is 9.59 Å². The number of carboxylic acid groups (broad SMARTS) is 1. The molecule has 2 heterocycles. The monoisotopic (exact) mass is 311 g/mol. The summed E-state index contributed by atoms with van der Waals surface area (Å²) in [6.45, 7) is 4.76. The molecule has 0 unspecified atom stereocenters. The zero-order chi connectivity index (χ0) is 16.1. The van der Waals surface area contributed by atoms with Crippen molar-refractivity contribution < 1.29 is 19.5 Å². The number of hydrogen-bond donors (Lipinski definition) is 1. The number of likely N-dealkylation sites (N-methyl/N-ethyl adjacent to an activating group) is 1. The minimum absolute atomic E-state index is 0.0845. The van der Waals surface area contributed by atoms with E-state index in [0.717, 1.165) is 25.9 Å². The summed E-state index contributed by atoms with van der Waals surface area (Å²) < 4.78 is 0. The van der Waals surface area contributed by atoms with Crippen LogP contribution in [0.4, 0.5) is 4.79 Å². The van der Waals surface area contributed by atoms with Gasteiger partial charge in [-0.25, -0.2) is 4.79 Å². The van der Waals surface area contributed by atoms with E-state index in [-0.39, 0.29) is 24.4 Å². The Balaban J connectivity index is 1.84. The second kappa shape index (κ2) is 7.47. The number of piperidine rings is 1. The summed E-state index contributed by atoms with van der Waals surface area (Å²) in [5.41, 5.74) is 0. The molecular formula is C15H25N3O4. The maximum absolute atomic E-state index is 12.3. The van der Waals surface area contributed by atoms with Crippen LogP contribution < -0.4 is 0 Å². The van der Waals surface area contributed by atoms with Gasteiger partial charge in [-0.3, -0.25) is 9.59 Å². The van der Waals surface area contributed by atoms with E-state index in [1.54, 1.807) is 6.92 Å². The molecule has 2 aliphatic heterocycles. The van der Waals surface area contributed by atoms with Crippen molar-refractivity contribution in [2.24, 2.45) is 5.92 Å². The summed E-state index contributed by atoms with van der Waals surface area (Å²) in [5, 5.41) is 8.85. The summed E-state index contributed by atoms with van der Waals surface area (Å²) >= 11 is 0. The van der Waals surface area contributed by atoms with Gasteiger partial charge in [0.1, 0.15) is 6.54 Å². The summed E-state index contributed by atoms with van der Waals surface area (Å²) in [7, 11) is 0. The second-order valence-corrected chi connectivity index (χ2v) is 5.98. The quantitative estimate of drug-likeness (QED) is 0.834. The Bertz CT molecular complexity index is 427. The Labute approximate surface area is 130 Å². The average molecular weight is 311 g/mol. The number of rotatable bonds is 4. The van der Waals surface area contributed by atoms with Crippen LogP contribution in [0.2, 0.25) is 0 Å². The van der Waals surface area contributed by atoms with Gasteiger partial charge in [0.25, 0.3) is 0 Å². The van der Waals surface area contributed by atoms with Gasteiger partial charge in [0.15, 0.2) is 0 Å². The van der Waals surface area contributed by atoms with Crippen molar-refractivity contribution >= 4 is 17.9 Å². The fourth-order valence-corrected chi connectivity index (χ4v) is 3.19. The summed E-state index contributed by atoms with van der Waals surface area (Å²) in [6, 6.07) is 0.0845. The van der Waals surface area contributed by atoms with Crippen LogP contribution >= 0.6 is 0 Å². The standard InChI is InChI=1S/C15H25N3O4/c1-2-16(11-13(19)20)14(21)12-5-9-18(10-6-12)15(22)17-7-3-4-8-17/h12H,2-11H2,1H3,(H,19,20). The summed E-state index contributed by atoms with van der Waals surface area (Å²) in [6.07, 6.45) is 3.38. The number of likely N-dealkylation sites (tertiary alicyclic amines) is 2. The Morgan fingerprint density at radius 2 is 1.59 bits per heavy atom. The Morgan fingerprint density at radius 1 is 1.05 bits per heavy atom. The van der Waals surface area contributed by atoms with Crippen molar-refractivity contribution in [3.05, 3.63) is 0 Å². The molecule has 0 radical (unpaired) electrons. The highest BCUT2D eigenvalue weighted by Gasteiger charge is 2.32. The van der Waals surface area contributed by atoms with Crippen molar-refractivity contribution in [1.29, 1.82) is 0 Å². The maximum atomic E-state index is 12.3. The number of urea groups is 1. The molecule has 2 fully saturated rings. The van der Waals surface area contributed by atoms with Gasteiger partial charge in [-0.1, -0.05) is 0 Å². The lowest BCUT2D eigenvalue weighted by molar-refractivity contribution is -0.146. The van der Waals surface area contributed by atoms with Crippen LogP contribution in [0.15, 0.2) is 0 Å². The smallest absolute Gasteiger partial charge is 0.323 e. The predicted molar refractivity (Wildman–Crippen MR) is 80.4 cm³/mol. The van der Waals surface area contributed by atoms with E-state index in [1.807, 2.05) is 9.80 Å². The van der Waals surface area contributed by atoms with E-state index in [1.165, 1.54) is 4.90 Å². The highest BCUT2D eigenvalue weighted by atomic mass is 16.4. The number of carbonyl (C=O) groups is 3. The molecule has 0 aromatic carbocycles. The molecule has 7 heteroatoms. The number of carbonyl (C=O) groups excluding carboxylic acids is 2. The SMILES string of the molecule is CCN(CC(=O)O)C(=O)C1CCN(C(=O)N2CCCC2)CC1. The second-order valence-electron chi connectivity index (χ2n) is 5.98. The number of hydrogen-bond acceptors (Lipinski definition) is 3. The summed E-state index contributed by atoms with van der Waals surface area (Å²) in [4.78, 5) is 40.5. The van der Waals surface area contributed by atoms with E-state index in [2.05, 4.69) is 0 Å². The topological polar surface area (TPSA) is 81.2 Å². The highest BCUT2D eigenvalue weighted by molar-refractivity contribution is 5.83. The first-order valence-corrected chi connectivity index (χ1v) is 8.07. The highest BCUT2D eigenvalue weighted by Crippen LogP contribution is 2.21. The Morgan fingerprint density at radius 3 is 2.09 bits per heavy atom. The van der Waals surface area contributed by atoms with E-state index >= 15 is 0 Å². The van der Waals surface area contributed by atoms with Gasteiger partial charge in [-0.05, 0) is 32.6 Å². The number of aliphatic carboxylic acids is 1. The van der Waals surface area contributed by atoms with Crippen molar-refractivity contribution in [2.75, 3.05) is 39.3 Å². The van der Waals surface area contributed by atoms with Crippen LogP contribution in [0.1, 0.15) is 32.6 Å². The van der Waals surface area contributed by atoms with Crippen LogP contribution in [0.3, 0.4) is 0 Å². The lowest BCUT2D eigenvalue weighted by Crippen LogP contribution is -2.48. The molecule has 0 bridgehead atoms. The van der Waals surface area contributed by atoms with Gasteiger partial charge >= 0.3 is 12.0 Å². The zero-order valence-corrected chi connectivity index (χ0v) is 13.2. The number of nitrogens with zero attached hydrogens (tertiary/aromatic N) is 3. The number of amides is 3. The largest absolute Gasteiger partial charge is 0.480 e. The molecular weight excluding hydrogens is 286 g/mol. The van der Waals surface area contributed by atoms with Crippen LogP contribution in [0.5, 0.6) is 0 Å². The first-order chi connectivity index (χ1) is 10.5. The van der Waals surface area contributed by atoms with E-state index in [9.17, 15) is 14.4 Å². The molecule has 2 saturated heterocycles. The molecule has 0 spiro atoms. The lowest BCUT2D eigenvalue weighted by Gasteiger charge is -2.35. The van der Waals surface area contributed by atoms with Gasteiger partial charge in [-0.15, -0.1) is 0 Å². The minimum atomic E-state index is -0.989. The molecule has 0 aromatic heterocycles. The first kappa shape index (κ1) is 16.6. The van der Waals surface area contributed by atoms with Crippen molar-refractivity contribution in [3.8, 4) is 0 Å². The fraction of sp³-hybridized carbons (Fsp3) is 0.800. The molecule has 3 amide bonds.